The molecule has 0 bridgehead atoms. The number of carbonyl (C=O) groups is 2. The fourth-order valence-corrected chi connectivity index (χ4v) is 3.13. The van der Waals surface area contributed by atoms with Crippen LogP contribution in [0.2, 0.25) is 10.0 Å². The maximum atomic E-state index is 12.6. The van der Waals surface area contributed by atoms with E-state index in [-0.39, 0.29) is 11.8 Å². The van der Waals surface area contributed by atoms with Crippen LogP contribution in [0.5, 0.6) is 11.5 Å². The molecular formula is C24H22Cl2N2O4. The molecule has 2 atom stereocenters. The molecular weight excluding hydrogens is 451 g/mol. The van der Waals surface area contributed by atoms with E-state index in [0.717, 1.165) is 0 Å². The fraction of sp³-hybridized carbons (Fsp3) is 0.167. The van der Waals surface area contributed by atoms with Crippen molar-refractivity contribution in [2.75, 3.05) is 10.6 Å². The number of nitrogens with one attached hydrogen (secondary N) is 2. The van der Waals surface area contributed by atoms with Gasteiger partial charge in [-0.05, 0) is 62.4 Å². The van der Waals surface area contributed by atoms with E-state index in [1.165, 1.54) is 0 Å². The van der Waals surface area contributed by atoms with Gasteiger partial charge in [0, 0.05) is 10.0 Å². The second-order valence-corrected chi connectivity index (χ2v) is 7.83. The summed E-state index contributed by atoms with van der Waals surface area (Å²) in [4.78, 5) is 25.3. The van der Waals surface area contributed by atoms with E-state index in [2.05, 4.69) is 10.6 Å². The first-order chi connectivity index (χ1) is 15.3. The van der Waals surface area contributed by atoms with Gasteiger partial charge in [0.2, 0.25) is 0 Å². The second-order valence-electron chi connectivity index (χ2n) is 6.96. The van der Waals surface area contributed by atoms with Crippen molar-refractivity contribution in [2.45, 2.75) is 26.1 Å². The Balaban J connectivity index is 1.63. The molecule has 0 saturated carbocycles. The van der Waals surface area contributed by atoms with Gasteiger partial charge in [-0.25, -0.2) is 0 Å². The van der Waals surface area contributed by atoms with Crippen molar-refractivity contribution in [3.63, 3.8) is 0 Å². The topological polar surface area (TPSA) is 76.7 Å². The molecule has 0 unspecified atom stereocenters. The van der Waals surface area contributed by atoms with Crippen molar-refractivity contribution in [1.29, 1.82) is 0 Å². The van der Waals surface area contributed by atoms with Gasteiger partial charge in [0.25, 0.3) is 11.8 Å². The maximum Gasteiger partial charge on any atom is 0.265 e. The molecule has 0 radical (unpaired) electrons. The molecule has 0 fully saturated rings. The van der Waals surface area contributed by atoms with Crippen LogP contribution in [0.15, 0.2) is 72.8 Å². The average Bonchev–Trinajstić information content (AvgIpc) is 2.75. The van der Waals surface area contributed by atoms with Crippen LogP contribution in [-0.2, 0) is 9.59 Å². The van der Waals surface area contributed by atoms with E-state index in [0.29, 0.717) is 32.9 Å². The monoisotopic (exact) mass is 472 g/mol. The van der Waals surface area contributed by atoms with Gasteiger partial charge in [-0.15, -0.1) is 0 Å². The molecule has 3 aromatic carbocycles. The zero-order valence-corrected chi connectivity index (χ0v) is 19.0. The third-order valence-electron chi connectivity index (χ3n) is 4.40. The van der Waals surface area contributed by atoms with E-state index < -0.39 is 12.2 Å². The van der Waals surface area contributed by atoms with Crippen molar-refractivity contribution in [2.24, 2.45) is 0 Å². The number of rotatable bonds is 8. The predicted molar refractivity (Wildman–Crippen MR) is 127 cm³/mol. The van der Waals surface area contributed by atoms with E-state index in [9.17, 15) is 9.59 Å². The van der Waals surface area contributed by atoms with Gasteiger partial charge in [0.15, 0.2) is 12.2 Å². The first-order valence-corrected chi connectivity index (χ1v) is 10.6. The van der Waals surface area contributed by atoms with Crippen molar-refractivity contribution >= 4 is 46.4 Å². The van der Waals surface area contributed by atoms with E-state index in [1.54, 1.807) is 86.6 Å². The summed E-state index contributed by atoms with van der Waals surface area (Å²) in [5.74, 6) is 0.201. The Morgan fingerprint density at radius 3 is 1.47 bits per heavy atom. The zero-order chi connectivity index (χ0) is 23.1. The average molecular weight is 473 g/mol. The highest BCUT2D eigenvalue weighted by atomic mass is 35.5. The minimum absolute atomic E-state index is 0.380. The molecule has 6 nitrogen and oxygen atoms in total. The summed E-state index contributed by atoms with van der Waals surface area (Å²) < 4.78 is 11.3. The van der Waals surface area contributed by atoms with Crippen molar-refractivity contribution in [1.82, 2.24) is 0 Å². The zero-order valence-electron chi connectivity index (χ0n) is 17.5. The summed E-state index contributed by atoms with van der Waals surface area (Å²) in [6.07, 6.45) is -1.58. The minimum Gasteiger partial charge on any atom is -0.481 e. The summed E-state index contributed by atoms with van der Waals surface area (Å²) in [5.41, 5.74) is 0.865. The molecule has 0 aliphatic heterocycles. The van der Waals surface area contributed by atoms with E-state index in [1.807, 2.05) is 0 Å². The van der Waals surface area contributed by atoms with Gasteiger partial charge in [-0.2, -0.15) is 0 Å². The Kier molecular flexibility index (Phi) is 7.98. The highest BCUT2D eigenvalue weighted by Crippen LogP contribution is 2.24. The molecule has 0 spiro atoms. The highest BCUT2D eigenvalue weighted by Gasteiger charge is 2.19. The number of hydrogen-bond donors (Lipinski definition) is 2. The molecule has 32 heavy (non-hydrogen) atoms. The third kappa shape index (κ3) is 6.64. The summed E-state index contributed by atoms with van der Waals surface area (Å²) in [5, 5.41) is 6.58. The lowest BCUT2D eigenvalue weighted by atomic mass is 10.2. The Hall–Kier alpha value is -3.22. The number of carbonyl (C=O) groups excluding carboxylic acids is 2. The van der Waals surface area contributed by atoms with Crippen LogP contribution in [0.3, 0.4) is 0 Å². The van der Waals surface area contributed by atoms with Gasteiger partial charge in [-0.3, -0.25) is 9.59 Å². The van der Waals surface area contributed by atoms with Gasteiger partial charge >= 0.3 is 0 Å². The smallest absolute Gasteiger partial charge is 0.265 e. The van der Waals surface area contributed by atoms with Gasteiger partial charge in [0.05, 0.1) is 11.4 Å². The Morgan fingerprint density at radius 2 is 1.09 bits per heavy atom. The number of halogens is 2. The largest absolute Gasteiger partial charge is 0.481 e. The van der Waals surface area contributed by atoms with Crippen molar-refractivity contribution in [3.8, 4) is 11.5 Å². The lowest BCUT2D eigenvalue weighted by Gasteiger charge is -2.18. The molecule has 2 N–H and O–H groups in total. The Labute approximate surface area is 196 Å². The molecule has 3 aromatic rings. The lowest BCUT2D eigenvalue weighted by Crippen LogP contribution is -2.32. The van der Waals surface area contributed by atoms with E-state index in [4.69, 9.17) is 32.7 Å². The fourth-order valence-electron chi connectivity index (χ4n) is 2.77. The maximum absolute atomic E-state index is 12.6. The molecule has 0 heterocycles. The molecule has 166 valence electrons. The summed E-state index contributed by atoms with van der Waals surface area (Å²) in [6, 6.07) is 20.4. The minimum atomic E-state index is -0.790. The van der Waals surface area contributed by atoms with Crippen LogP contribution in [-0.4, -0.2) is 24.0 Å². The molecule has 0 aliphatic carbocycles. The Bertz CT molecular complexity index is 1020. The molecule has 2 amide bonds. The number of amides is 2. The number of hydrogen-bond acceptors (Lipinski definition) is 4. The van der Waals surface area contributed by atoms with Crippen LogP contribution >= 0.6 is 23.2 Å². The van der Waals surface area contributed by atoms with Crippen LogP contribution in [0.1, 0.15) is 13.8 Å². The lowest BCUT2D eigenvalue weighted by molar-refractivity contribution is -0.122. The number of ether oxygens (including phenoxy) is 2. The normalized spacial score (nSPS) is 12.4. The number of para-hydroxylation sites is 2. The molecule has 8 heteroatoms. The van der Waals surface area contributed by atoms with E-state index >= 15 is 0 Å². The van der Waals surface area contributed by atoms with Crippen molar-refractivity contribution < 1.29 is 19.1 Å². The highest BCUT2D eigenvalue weighted by molar-refractivity contribution is 6.31. The number of benzene rings is 3. The number of anilines is 2. The van der Waals surface area contributed by atoms with Crippen LogP contribution in [0.25, 0.3) is 0 Å². The predicted octanol–water partition coefficient (Wildman–Crippen LogP) is 5.81. The standard InChI is InChI=1S/C24H22Cl2N2O4/c1-15(31-19-9-5-7-17(25)13-19)23(29)27-21-11-3-4-12-22(21)28-24(30)16(2)32-20-10-6-8-18(26)14-20/h3-16H,1-2H3,(H,27,29)(H,28,30)/t15-,16-/m1/s1. The Morgan fingerprint density at radius 1 is 0.688 bits per heavy atom. The summed E-state index contributed by atoms with van der Waals surface area (Å²) in [6.45, 7) is 3.25. The molecule has 0 saturated heterocycles. The van der Waals surface area contributed by atoms with Crippen LogP contribution in [0, 0.1) is 0 Å². The quantitative estimate of drug-likeness (QED) is 0.433. The summed E-state index contributed by atoms with van der Waals surface area (Å²) in [7, 11) is 0. The SMILES string of the molecule is C[C@@H](Oc1cccc(Cl)c1)C(=O)Nc1ccccc1NC(=O)[C@@H](C)Oc1cccc(Cl)c1. The van der Waals surface area contributed by atoms with Gasteiger partial charge < -0.3 is 20.1 Å². The first kappa shape index (κ1) is 23.4. The van der Waals surface area contributed by atoms with Crippen LogP contribution in [0.4, 0.5) is 11.4 Å². The van der Waals surface area contributed by atoms with Gasteiger partial charge in [0.1, 0.15) is 11.5 Å². The molecule has 3 rings (SSSR count). The van der Waals surface area contributed by atoms with Gasteiger partial charge in [-0.1, -0.05) is 47.5 Å². The first-order valence-electron chi connectivity index (χ1n) is 9.87. The second kappa shape index (κ2) is 10.9. The van der Waals surface area contributed by atoms with Crippen LogP contribution < -0.4 is 20.1 Å². The summed E-state index contributed by atoms with van der Waals surface area (Å²) >= 11 is 11.9. The molecule has 0 aliphatic rings. The third-order valence-corrected chi connectivity index (χ3v) is 4.87. The molecule has 0 aromatic heterocycles. The van der Waals surface area contributed by atoms with Crippen molar-refractivity contribution in [3.05, 3.63) is 82.8 Å².